The number of hydrogen-bond acceptors (Lipinski definition) is 3. The molecule has 56 valence electrons. The largest absolute Gasteiger partial charge is 0.395 e. The zero-order chi connectivity index (χ0) is 7.40. The van der Waals surface area contributed by atoms with Gasteiger partial charge in [-0.05, 0) is 5.41 Å². The van der Waals surface area contributed by atoms with Crippen LogP contribution in [0.25, 0.3) is 0 Å². The van der Waals surface area contributed by atoms with Gasteiger partial charge in [0.2, 0.25) is 5.91 Å². The van der Waals surface area contributed by atoms with Crippen molar-refractivity contribution in [3.63, 3.8) is 0 Å². The van der Waals surface area contributed by atoms with Crippen LogP contribution >= 0.6 is 11.8 Å². The van der Waals surface area contributed by atoms with Gasteiger partial charge in [-0.15, -0.1) is 11.8 Å². The second kappa shape index (κ2) is 3.63. The lowest BCUT2D eigenvalue weighted by molar-refractivity contribution is -0.126. The van der Waals surface area contributed by atoms with Gasteiger partial charge in [0, 0.05) is 12.7 Å². The molecule has 0 aromatic rings. The molecule has 1 heterocycles. The molecule has 1 N–H and O–H groups in total. The molecule has 0 bridgehead atoms. The van der Waals surface area contributed by atoms with Gasteiger partial charge in [0.05, 0.1) is 12.4 Å². The van der Waals surface area contributed by atoms with Crippen molar-refractivity contribution in [1.82, 2.24) is 4.90 Å². The molecule has 0 aromatic heterocycles. The van der Waals surface area contributed by atoms with E-state index in [-0.39, 0.29) is 12.5 Å². The summed E-state index contributed by atoms with van der Waals surface area (Å²) in [4.78, 5) is 12.5. The Bertz CT molecular complexity index is 158. The predicted molar refractivity (Wildman–Crippen MR) is 40.4 cm³/mol. The van der Waals surface area contributed by atoms with Crippen LogP contribution in [0.15, 0.2) is 11.6 Å². The first-order chi connectivity index (χ1) is 4.84. The van der Waals surface area contributed by atoms with Crippen LogP contribution in [0, 0.1) is 0 Å². The summed E-state index contributed by atoms with van der Waals surface area (Å²) in [5, 5.41) is 10.4. The van der Waals surface area contributed by atoms with Crippen molar-refractivity contribution in [3.05, 3.63) is 11.6 Å². The van der Waals surface area contributed by atoms with Gasteiger partial charge in [0.1, 0.15) is 0 Å². The normalized spacial score (nSPS) is 18.1. The Morgan fingerprint density at radius 1 is 1.80 bits per heavy atom. The highest BCUT2D eigenvalue weighted by atomic mass is 32.2. The van der Waals surface area contributed by atoms with Gasteiger partial charge in [0.25, 0.3) is 0 Å². The number of amides is 1. The van der Waals surface area contributed by atoms with Crippen LogP contribution in [0.4, 0.5) is 0 Å². The summed E-state index contributed by atoms with van der Waals surface area (Å²) in [6, 6.07) is 0. The molecule has 0 saturated carbocycles. The van der Waals surface area contributed by atoms with E-state index in [2.05, 4.69) is 0 Å². The predicted octanol–water partition coefficient (Wildman–Crippen LogP) is 0.0253. The lowest BCUT2D eigenvalue weighted by Crippen LogP contribution is -2.31. The Morgan fingerprint density at radius 2 is 2.60 bits per heavy atom. The zero-order valence-corrected chi connectivity index (χ0v) is 6.30. The van der Waals surface area contributed by atoms with Gasteiger partial charge >= 0.3 is 0 Å². The molecule has 1 rings (SSSR count). The number of thioether (sulfide) groups is 1. The third kappa shape index (κ3) is 1.75. The Balaban J connectivity index is 2.47. The van der Waals surface area contributed by atoms with Crippen LogP contribution in [0.5, 0.6) is 0 Å². The second-order valence-electron chi connectivity index (χ2n) is 1.91. The Labute approximate surface area is 63.7 Å². The van der Waals surface area contributed by atoms with Crippen molar-refractivity contribution in [2.75, 3.05) is 18.9 Å². The molecule has 1 aliphatic heterocycles. The minimum absolute atomic E-state index is 0.0285. The number of nitrogens with zero attached hydrogens (tertiary/aromatic N) is 1. The molecule has 4 heteroatoms. The first-order valence-electron chi connectivity index (χ1n) is 3.03. The average Bonchev–Trinajstić information content (AvgIpc) is 1.94. The maximum absolute atomic E-state index is 10.9. The van der Waals surface area contributed by atoms with E-state index in [4.69, 9.17) is 5.11 Å². The maximum atomic E-state index is 10.9. The van der Waals surface area contributed by atoms with E-state index < -0.39 is 0 Å². The molecule has 0 spiro atoms. The molecule has 0 unspecified atom stereocenters. The van der Waals surface area contributed by atoms with Crippen LogP contribution in [0.3, 0.4) is 0 Å². The van der Waals surface area contributed by atoms with Crippen LogP contribution in [-0.2, 0) is 4.79 Å². The monoisotopic (exact) mass is 159 g/mol. The summed E-state index contributed by atoms with van der Waals surface area (Å²) in [7, 11) is 0. The molecule has 0 atom stereocenters. The van der Waals surface area contributed by atoms with Crippen LogP contribution in [0.1, 0.15) is 0 Å². The highest BCUT2D eigenvalue weighted by Gasteiger charge is 2.12. The third-order valence-corrected chi connectivity index (χ3v) is 1.93. The smallest absolute Gasteiger partial charge is 0.236 e. The van der Waals surface area contributed by atoms with Crippen LogP contribution < -0.4 is 0 Å². The molecular formula is C6H9NO2S. The quantitative estimate of drug-likeness (QED) is 0.617. The molecule has 0 fully saturated rings. The first kappa shape index (κ1) is 7.63. The summed E-state index contributed by atoms with van der Waals surface area (Å²) in [5.41, 5.74) is 0. The van der Waals surface area contributed by atoms with E-state index in [1.165, 1.54) is 16.7 Å². The SMILES string of the molecule is O=C1CSC=CN1CCO. The van der Waals surface area contributed by atoms with Crippen molar-refractivity contribution >= 4 is 17.7 Å². The summed E-state index contributed by atoms with van der Waals surface area (Å²) >= 11 is 1.48. The Morgan fingerprint density at radius 3 is 3.20 bits per heavy atom. The van der Waals surface area contributed by atoms with Gasteiger partial charge in [0.15, 0.2) is 0 Å². The van der Waals surface area contributed by atoms with Crippen LogP contribution in [-0.4, -0.2) is 34.8 Å². The minimum Gasteiger partial charge on any atom is -0.395 e. The fourth-order valence-corrected chi connectivity index (χ4v) is 1.35. The molecule has 3 nitrogen and oxygen atoms in total. The highest BCUT2D eigenvalue weighted by Crippen LogP contribution is 2.11. The zero-order valence-electron chi connectivity index (χ0n) is 5.49. The van der Waals surface area contributed by atoms with E-state index in [1.807, 2.05) is 5.41 Å². The average molecular weight is 159 g/mol. The van der Waals surface area contributed by atoms with E-state index in [0.717, 1.165) is 0 Å². The van der Waals surface area contributed by atoms with Crippen molar-refractivity contribution in [1.29, 1.82) is 0 Å². The van der Waals surface area contributed by atoms with Crippen molar-refractivity contribution in [2.24, 2.45) is 0 Å². The lowest BCUT2D eigenvalue weighted by atomic mass is 10.5. The highest BCUT2D eigenvalue weighted by molar-refractivity contribution is 8.02. The molecule has 0 radical (unpaired) electrons. The molecule has 1 aliphatic rings. The summed E-state index contributed by atoms with van der Waals surface area (Å²) < 4.78 is 0. The van der Waals surface area contributed by atoms with Gasteiger partial charge in [-0.25, -0.2) is 0 Å². The fraction of sp³-hybridized carbons (Fsp3) is 0.500. The van der Waals surface area contributed by atoms with Crippen LogP contribution in [0.2, 0.25) is 0 Å². The minimum atomic E-state index is 0.0285. The number of β-amino-alcohol motifs (C(OH)–C–C–N with tert-alkyl or cyclic N) is 1. The molecule has 0 aromatic carbocycles. The number of carbonyl (C=O) groups is 1. The van der Waals surface area contributed by atoms with E-state index >= 15 is 0 Å². The van der Waals surface area contributed by atoms with Gasteiger partial charge in [-0.1, -0.05) is 0 Å². The molecular weight excluding hydrogens is 150 g/mol. The van der Waals surface area contributed by atoms with Gasteiger partial charge < -0.3 is 10.0 Å². The third-order valence-electron chi connectivity index (χ3n) is 1.21. The fourth-order valence-electron chi connectivity index (χ4n) is 0.709. The van der Waals surface area contributed by atoms with Crippen molar-refractivity contribution in [3.8, 4) is 0 Å². The first-order valence-corrected chi connectivity index (χ1v) is 4.08. The van der Waals surface area contributed by atoms with Crippen molar-refractivity contribution in [2.45, 2.75) is 0 Å². The summed E-state index contributed by atoms with van der Waals surface area (Å²) in [6.07, 6.45) is 1.70. The number of hydrogen-bond donors (Lipinski definition) is 1. The number of rotatable bonds is 2. The number of aliphatic hydroxyl groups is 1. The maximum Gasteiger partial charge on any atom is 0.236 e. The topological polar surface area (TPSA) is 40.5 Å². The van der Waals surface area contributed by atoms with E-state index in [1.54, 1.807) is 6.20 Å². The standard InChI is InChI=1S/C6H9NO2S/c8-3-1-7-2-4-10-5-6(7)9/h2,4,8H,1,3,5H2. The summed E-state index contributed by atoms with van der Waals surface area (Å²) in [6.45, 7) is 0.441. The number of carbonyl (C=O) groups excluding carboxylic acids is 1. The van der Waals surface area contributed by atoms with E-state index in [0.29, 0.717) is 12.3 Å². The number of aliphatic hydroxyl groups excluding tert-OH is 1. The van der Waals surface area contributed by atoms with E-state index in [9.17, 15) is 4.79 Å². The Kier molecular flexibility index (Phi) is 2.77. The molecule has 10 heavy (non-hydrogen) atoms. The van der Waals surface area contributed by atoms with Crippen molar-refractivity contribution < 1.29 is 9.90 Å². The second-order valence-corrected chi connectivity index (χ2v) is 2.80. The molecule has 0 saturated heterocycles. The summed E-state index contributed by atoms with van der Waals surface area (Å²) in [5.74, 6) is 0.567. The molecule has 0 aliphatic carbocycles. The van der Waals surface area contributed by atoms with Gasteiger partial charge in [-0.2, -0.15) is 0 Å². The van der Waals surface area contributed by atoms with Gasteiger partial charge in [-0.3, -0.25) is 4.79 Å². The Hall–Kier alpha value is -0.480. The molecule has 1 amide bonds. The lowest BCUT2D eigenvalue weighted by Gasteiger charge is -2.19.